The Balaban J connectivity index is 2.54. The number of methoxy groups -OCH3 is 1. The molecule has 1 aliphatic rings. The molecule has 0 spiro atoms. The number of carboxylic acids is 2. The van der Waals surface area contributed by atoms with Gasteiger partial charge in [-0.3, -0.25) is 0 Å². The summed E-state index contributed by atoms with van der Waals surface area (Å²) in [5.41, 5.74) is -0.680. The molecule has 1 amide bonds. The zero-order valence-electron chi connectivity index (χ0n) is 10.7. The lowest BCUT2D eigenvalue weighted by molar-refractivity contribution is -0.145. The van der Waals surface area contributed by atoms with Gasteiger partial charge >= 0.3 is 18.0 Å². The van der Waals surface area contributed by atoms with E-state index >= 15 is 0 Å². The molecule has 7 heteroatoms. The summed E-state index contributed by atoms with van der Waals surface area (Å²) >= 11 is 0. The summed E-state index contributed by atoms with van der Waals surface area (Å²) in [6, 6.07) is 4.27. The molecular formula is C13H13NO6. The number of benzene rings is 1. The number of carbonyl (C=O) groups excluding carboxylic acids is 1. The highest BCUT2D eigenvalue weighted by Crippen LogP contribution is 2.38. The first kappa shape index (κ1) is 13.9. The zero-order valence-corrected chi connectivity index (χ0v) is 10.7. The molecule has 0 aromatic heterocycles. The van der Waals surface area contributed by atoms with E-state index in [1.54, 1.807) is 6.07 Å². The van der Waals surface area contributed by atoms with Crippen LogP contribution in [-0.2, 0) is 21.5 Å². The molecule has 0 aliphatic heterocycles. The Labute approximate surface area is 114 Å². The van der Waals surface area contributed by atoms with Gasteiger partial charge in [0, 0.05) is 0 Å². The minimum absolute atomic E-state index is 0.0251. The Kier molecular flexibility index (Phi) is 3.35. The highest BCUT2D eigenvalue weighted by Gasteiger charge is 2.47. The van der Waals surface area contributed by atoms with Crippen LogP contribution in [0.15, 0.2) is 18.2 Å². The summed E-state index contributed by atoms with van der Waals surface area (Å²) in [5, 5.41) is 20.8. The molecule has 20 heavy (non-hydrogen) atoms. The monoisotopic (exact) mass is 279 g/mol. The Morgan fingerprint density at radius 1 is 1.30 bits per heavy atom. The number of alkyl carbamates (subject to hydrolysis) is 1. The van der Waals surface area contributed by atoms with Crippen molar-refractivity contribution < 1.29 is 29.3 Å². The molecule has 0 saturated carbocycles. The van der Waals surface area contributed by atoms with Crippen LogP contribution in [0.25, 0.3) is 0 Å². The third-order valence-corrected chi connectivity index (χ3v) is 3.45. The summed E-state index contributed by atoms with van der Waals surface area (Å²) in [5.74, 6) is -2.40. The minimum atomic E-state index is -1.64. The van der Waals surface area contributed by atoms with Gasteiger partial charge in [0.25, 0.3) is 0 Å². The molecule has 1 aromatic rings. The van der Waals surface area contributed by atoms with Gasteiger partial charge in [0.1, 0.15) is 0 Å². The third kappa shape index (κ3) is 2.07. The van der Waals surface area contributed by atoms with Crippen molar-refractivity contribution in [1.82, 2.24) is 5.32 Å². The van der Waals surface area contributed by atoms with Gasteiger partial charge < -0.3 is 20.3 Å². The maximum Gasteiger partial charge on any atom is 0.408 e. The smallest absolute Gasteiger partial charge is 0.408 e. The fraction of sp³-hybridized carbons (Fsp3) is 0.308. The molecular weight excluding hydrogens is 266 g/mol. The van der Waals surface area contributed by atoms with E-state index in [1.165, 1.54) is 12.1 Å². The fourth-order valence-corrected chi connectivity index (χ4v) is 2.41. The van der Waals surface area contributed by atoms with Crippen molar-refractivity contribution in [3.05, 3.63) is 34.9 Å². The topological polar surface area (TPSA) is 113 Å². The van der Waals surface area contributed by atoms with Crippen LogP contribution in [0.5, 0.6) is 0 Å². The highest BCUT2D eigenvalue weighted by molar-refractivity contribution is 5.91. The van der Waals surface area contributed by atoms with E-state index in [2.05, 4.69) is 10.1 Å². The Morgan fingerprint density at radius 2 is 2.00 bits per heavy atom. The Hall–Kier alpha value is -2.57. The molecule has 3 N–H and O–H groups in total. The number of fused-ring (bicyclic) bond motifs is 1. The average molecular weight is 279 g/mol. The van der Waals surface area contributed by atoms with E-state index in [9.17, 15) is 19.5 Å². The maximum absolute atomic E-state index is 11.6. The van der Waals surface area contributed by atoms with Crippen molar-refractivity contribution in [2.45, 2.75) is 18.4 Å². The highest BCUT2D eigenvalue weighted by atomic mass is 16.5. The van der Waals surface area contributed by atoms with Crippen molar-refractivity contribution in [3.63, 3.8) is 0 Å². The SMILES string of the molecule is COC(=O)N[C@@]1(C(=O)O)CCc2ccc(C(=O)O)cc21. The summed E-state index contributed by atoms with van der Waals surface area (Å²) in [6.45, 7) is 0. The molecule has 106 valence electrons. The number of aliphatic carboxylic acids is 1. The minimum Gasteiger partial charge on any atom is -0.479 e. The summed E-state index contributed by atoms with van der Waals surface area (Å²) < 4.78 is 4.45. The number of carbonyl (C=O) groups is 3. The van der Waals surface area contributed by atoms with E-state index in [4.69, 9.17) is 5.11 Å². The lowest BCUT2D eigenvalue weighted by atomic mass is 9.91. The third-order valence-electron chi connectivity index (χ3n) is 3.45. The second-order valence-corrected chi connectivity index (χ2v) is 4.50. The first-order chi connectivity index (χ1) is 9.40. The van der Waals surface area contributed by atoms with Crippen LogP contribution in [0.3, 0.4) is 0 Å². The molecule has 1 aromatic carbocycles. The van der Waals surface area contributed by atoms with Gasteiger partial charge in [-0.25, -0.2) is 14.4 Å². The molecule has 1 aliphatic carbocycles. The van der Waals surface area contributed by atoms with Crippen molar-refractivity contribution in [3.8, 4) is 0 Å². The molecule has 2 rings (SSSR count). The van der Waals surface area contributed by atoms with Crippen molar-refractivity contribution in [1.29, 1.82) is 0 Å². The zero-order chi connectivity index (χ0) is 14.9. The molecule has 0 unspecified atom stereocenters. The first-order valence-electron chi connectivity index (χ1n) is 5.87. The average Bonchev–Trinajstić information content (AvgIpc) is 2.78. The molecule has 0 saturated heterocycles. The quantitative estimate of drug-likeness (QED) is 0.759. The number of hydrogen-bond donors (Lipinski definition) is 3. The predicted octanol–water partition coefficient (Wildman–Crippen LogP) is 0.967. The lowest BCUT2D eigenvalue weighted by Crippen LogP contribution is -2.50. The number of nitrogens with one attached hydrogen (secondary N) is 1. The fourth-order valence-electron chi connectivity index (χ4n) is 2.41. The Morgan fingerprint density at radius 3 is 2.55 bits per heavy atom. The van der Waals surface area contributed by atoms with Gasteiger partial charge in [-0.1, -0.05) is 6.07 Å². The maximum atomic E-state index is 11.6. The standard InChI is InChI=1S/C13H13NO6/c1-20-12(19)14-13(11(17)18)5-4-7-2-3-8(10(15)16)6-9(7)13/h2-3,6H,4-5H2,1H3,(H,14,19)(H,15,16)(H,17,18)/t13-/m0/s1. The first-order valence-corrected chi connectivity index (χ1v) is 5.87. The second-order valence-electron chi connectivity index (χ2n) is 4.50. The second kappa shape index (κ2) is 4.84. The van der Waals surface area contributed by atoms with E-state index in [-0.39, 0.29) is 17.5 Å². The van der Waals surface area contributed by atoms with Gasteiger partial charge in [-0.2, -0.15) is 0 Å². The summed E-state index contributed by atoms with van der Waals surface area (Å²) in [4.78, 5) is 34.0. The van der Waals surface area contributed by atoms with E-state index in [1.807, 2.05) is 0 Å². The molecule has 7 nitrogen and oxygen atoms in total. The Bertz CT molecular complexity index is 597. The van der Waals surface area contributed by atoms with Crippen LogP contribution in [0.4, 0.5) is 4.79 Å². The van der Waals surface area contributed by atoms with Crippen LogP contribution < -0.4 is 5.32 Å². The number of ether oxygens (including phenoxy) is 1. The van der Waals surface area contributed by atoms with E-state index in [0.717, 1.165) is 7.11 Å². The van der Waals surface area contributed by atoms with E-state index < -0.39 is 23.6 Å². The van der Waals surface area contributed by atoms with Gasteiger partial charge in [0.2, 0.25) is 0 Å². The van der Waals surface area contributed by atoms with Gasteiger partial charge in [0.05, 0.1) is 12.7 Å². The van der Waals surface area contributed by atoms with Crippen molar-refractivity contribution in [2.24, 2.45) is 0 Å². The molecule has 0 radical (unpaired) electrons. The van der Waals surface area contributed by atoms with Crippen LogP contribution in [0, 0.1) is 0 Å². The number of rotatable bonds is 3. The lowest BCUT2D eigenvalue weighted by Gasteiger charge is -2.26. The van der Waals surface area contributed by atoms with Crippen LogP contribution in [-0.4, -0.2) is 35.4 Å². The number of hydrogen-bond acceptors (Lipinski definition) is 4. The van der Waals surface area contributed by atoms with Gasteiger partial charge in [-0.05, 0) is 36.1 Å². The molecule has 0 bridgehead atoms. The summed E-state index contributed by atoms with van der Waals surface area (Å²) in [6.07, 6.45) is -0.289. The molecule has 0 fully saturated rings. The number of carboxylic acid groups (broad SMARTS) is 2. The molecule has 0 heterocycles. The number of aromatic carboxylic acids is 1. The number of amides is 1. The normalized spacial score (nSPS) is 20.1. The van der Waals surface area contributed by atoms with Crippen LogP contribution in [0.1, 0.15) is 27.9 Å². The predicted molar refractivity (Wildman–Crippen MR) is 66.6 cm³/mol. The summed E-state index contributed by atoms with van der Waals surface area (Å²) in [7, 11) is 1.13. The van der Waals surface area contributed by atoms with Gasteiger partial charge in [-0.15, -0.1) is 0 Å². The number of aryl methyl sites for hydroxylation is 1. The van der Waals surface area contributed by atoms with Crippen molar-refractivity contribution in [2.75, 3.05) is 7.11 Å². The van der Waals surface area contributed by atoms with Crippen molar-refractivity contribution >= 4 is 18.0 Å². The molecule has 1 atom stereocenters. The van der Waals surface area contributed by atoms with Gasteiger partial charge in [0.15, 0.2) is 5.54 Å². The van der Waals surface area contributed by atoms with E-state index in [0.29, 0.717) is 12.0 Å². The largest absolute Gasteiger partial charge is 0.479 e. The van der Waals surface area contributed by atoms with Crippen LogP contribution >= 0.6 is 0 Å². The van der Waals surface area contributed by atoms with Crippen LogP contribution in [0.2, 0.25) is 0 Å².